The van der Waals surface area contributed by atoms with Crippen molar-refractivity contribution in [2.45, 2.75) is 492 Å². The van der Waals surface area contributed by atoms with Crippen LogP contribution < -0.4 is 28.4 Å². The fourth-order valence-electron chi connectivity index (χ4n) is 20.5. The monoisotopic (exact) mass is 1980 g/mol. The van der Waals surface area contributed by atoms with Crippen LogP contribution in [0.25, 0.3) is 72.9 Å². The molecule has 0 bridgehead atoms. The summed E-state index contributed by atoms with van der Waals surface area (Å²) in [7, 11) is -2.17. The molecular formula is C136H208O7Si. The second-order valence-corrected chi connectivity index (χ2v) is 48.6. The molecular weight excluding hydrogens is 1770 g/mol. The van der Waals surface area contributed by atoms with Crippen molar-refractivity contribution < 1.29 is 32.8 Å². The van der Waals surface area contributed by atoms with Gasteiger partial charge in [0.15, 0.2) is 23.0 Å². The Labute approximate surface area is 885 Å². The molecule has 0 fully saturated rings. The van der Waals surface area contributed by atoms with Gasteiger partial charge < -0.3 is 32.8 Å². The normalized spacial score (nSPS) is 12.1. The van der Waals surface area contributed by atoms with Crippen LogP contribution in [0.5, 0.6) is 34.5 Å². The Morgan fingerprint density at radius 1 is 0.181 bits per heavy atom. The van der Waals surface area contributed by atoms with Gasteiger partial charge in [-0.15, -0.1) is 0 Å². The third-order valence-corrected chi connectivity index (χ3v) is 35.5. The zero-order chi connectivity index (χ0) is 102. The van der Waals surface area contributed by atoms with E-state index in [4.69, 9.17) is 32.8 Å². The van der Waals surface area contributed by atoms with E-state index in [2.05, 4.69) is 296 Å². The van der Waals surface area contributed by atoms with Crippen molar-refractivity contribution in [3.63, 3.8) is 0 Å². The van der Waals surface area contributed by atoms with Gasteiger partial charge in [-0.25, -0.2) is 0 Å². The van der Waals surface area contributed by atoms with Crippen molar-refractivity contribution in [1.82, 2.24) is 0 Å². The van der Waals surface area contributed by atoms with Gasteiger partial charge in [0.1, 0.15) is 0 Å². The number of hydrogen-bond acceptors (Lipinski definition) is 7. The summed E-state index contributed by atoms with van der Waals surface area (Å²) in [6.45, 7) is 32.7. The summed E-state index contributed by atoms with van der Waals surface area (Å²) in [5.74, 6) is 4.80. The molecule has 0 aromatic heterocycles. The maximum absolute atomic E-state index is 7.37. The molecule has 7 rings (SSSR count). The SMILES string of the molecule is CCCCCCCCCCCCOc1cc(/C=C/c2ccc(/C=C/c3ccc(/C=C/c4ccc(/C=C/c5ccc(/C=C/c6ccc(/C=C/c7cc(OCCCCCCCCCCCC)c(OCCCCCCCCCCCC)c(OCCCCCCCCCCCC)c7)cc6)cc5)c(CO[Si](C(C)C)(C(C)C)C(C)C)c4)cc3)cc2)cc(OCCCCCCCCCCCC)c1OCCCCCCCCCCCC. The van der Waals surface area contributed by atoms with Gasteiger partial charge in [-0.1, -0.05) is 612 Å². The highest BCUT2D eigenvalue weighted by molar-refractivity contribution is 6.77. The van der Waals surface area contributed by atoms with Crippen molar-refractivity contribution in [2.24, 2.45) is 0 Å². The summed E-state index contributed by atoms with van der Waals surface area (Å²) in [6, 6.07) is 51.2. The Bertz CT molecular complexity index is 4380. The fraction of sp³-hybridized carbons (Fsp3) is 0.603. The first-order valence-corrected chi connectivity index (χ1v) is 62.3. The van der Waals surface area contributed by atoms with E-state index >= 15 is 0 Å². The predicted octanol–water partition coefficient (Wildman–Crippen LogP) is 44.2. The Balaban J connectivity index is 1.01. The number of rotatable bonds is 90. The first kappa shape index (κ1) is 123. The van der Waals surface area contributed by atoms with Crippen molar-refractivity contribution in [1.29, 1.82) is 0 Å². The Morgan fingerprint density at radius 2 is 0.347 bits per heavy atom. The lowest BCUT2D eigenvalue weighted by atomic mass is 10.0. The molecule has 0 aliphatic rings. The van der Waals surface area contributed by atoms with E-state index < -0.39 is 8.32 Å². The molecule has 0 aliphatic heterocycles. The maximum Gasteiger partial charge on any atom is 0.203 e. The van der Waals surface area contributed by atoms with Gasteiger partial charge >= 0.3 is 0 Å². The van der Waals surface area contributed by atoms with E-state index in [9.17, 15) is 0 Å². The lowest BCUT2D eigenvalue weighted by molar-refractivity contribution is 0.234. The van der Waals surface area contributed by atoms with Gasteiger partial charge in [0, 0.05) is 0 Å². The highest BCUT2D eigenvalue weighted by Gasteiger charge is 2.45. The molecule has 7 aromatic rings. The smallest absolute Gasteiger partial charge is 0.203 e. The minimum atomic E-state index is -2.17. The first-order chi connectivity index (χ1) is 70.8. The molecule has 8 heteroatoms. The molecule has 0 aliphatic carbocycles. The average Bonchev–Trinajstić information content (AvgIpc) is 0.795. The maximum atomic E-state index is 7.37. The van der Waals surface area contributed by atoms with E-state index in [1.807, 2.05) is 0 Å². The van der Waals surface area contributed by atoms with E-state index in [1.54, 1.807) is 0 Å². The van der Waals surface area contributed by atoms with Crippen LogP contribution in [0.4, 0.5) is 0 Å². The first-order valence-electron chi connectivity index (χ1n) is 60.2. The van der Waals surface area contributed by atoms with Crippen LogP contribution in [0, 0.1) is 0 Å². The van der Waals surface area contributed by atoms with Gasteiger partial charge in [-0.2, -0.15) is 0 Å². The summed E-state index contributed by atoms with van der Waals surface area (Å²) in [6.07, 6.45) is 104. The zero-order valence-corrected chi connectivity index (χ0v) is 95.2. The minimum Gasteiger partial charge on any atom is -0.490 e. The van der Waals surface area contributed by atoms with Crippen molar-refractivity contribution in [3.05, 3.63) is 212 Å². The summed E-state index contributed by atoms with van der Waals surface area (Å²) in [5, 5.41) is 0. The largest absolute Gasteiger partial charge is 0.490 e. The Hall–Kier alpha value is -8.04. The number of ether oxygens (including phenoxy) is 6. The quantitative estimate of drug-likeness (QED) is 0.0214. The zero-order valence-electron chi connectivity index (χ0n) is 94.2. The van der Waals surface area contributed by atoms with E-state index in [0.29, 0.717) is 62.9 Å². The van der Waals surface area contributed by atoms with Crippen molar-refractivity contribution in [3.8, 4) is 34.5 Å². The van der Waals surface area contributed by atoms with Crippen molar-refractivity contribution in [2.75, 3.05) is 39.6 Å². The second-order valence-electron chi connectivity index (χ2n) is 43.1. The predicted molar refractivity (Wildman–Crippen MR) is 639 cm³/mol. The molecule has 0 saturated heterocycles. The van der Waals surface area contributed by atoms with E-state index in [0.717, 1.165) is 134 Å². The minimum absolute atomic E-state index is 0.481. The second kappa shape index (κ2) is 81.0. The van der Waals surface area contributed by atoms with Crippen LogP contribution >= 0.6 is 0 Å². The molecule has 0 unspecified atom stereocenters. The summed E-state index contributed by atoms with van der Waals surface area (Å²) in [5.41, 5.74) is 16.3. The summed E-state index contributed by atoms with van der Waals surface area (Å²) in [4.78, 5) is 0. The highest BCUT2D eigenvalue weighted by atomic mass is 28.4. The standard InChI is InChI=1S/C136H208O7Si/c1-13-19-25-31-37-43-49-55-61-67-103-137-131-110-127(111-132(138-104-68-62-56-50-44-38-32-26-20-14-2)135(131)141-107-71-65-59-53-47-41-35-29-23-17-5)97-94-123-85-79-119(80-86-123)74-73-118-77-83-122(84-78-118)93-96-126-100-102-129(130(109-126)114-143-144(115(7)8,116(9)10)117(11)12)101-99-125-91-89-121(90-92-125)76-75-120-81-87-124(88-82-120)95-98-128-112-133(139-105-69-63-57-51-45-39-33-27-21-15-3)136(142-108-72-66-60-54-48-42-36-30-24-18-6)134(113-128)140-106-70-64-58-52-46-40-34-28-22-16-4/h73-102,109-113,115-117H,13-72,103-108,114H2,1-12H3/b74-73+,76-75+,96-93+,97-94+,98-95+,101-99+. The van der Waals surface area contributed by atoms with Crippen LogP contribution in [-0.2, 0) is 11.0 Å². The fourth-order valence-corrected chi connectivity index (χ4v) is 25.9. The molecule has 144 heavy (non-hydrogen) atoms. The summed E-state index contributed by atoms with van der Waals surface area (Å²) < 4.78 is 48.0. The molecule has 0 radical (unpaired) electrons. The van der Waals surface area contributed by atoms with Crippen LogP contribution in [-0.4, -0.2) is 48.0 Å². The molecule has 7 aromatic carbocycles. The molecule has 0 atom stereocenters. The molecule has 798 valence electrons. The topological polar surface area (TPSA) is 64.6 Å². The van der Waals surface area contributed by atoms with E-state index in [-0.39, 0.29) is 0 Å². The lowest BCUT2D eigenvalue weighted by Gasteiger charge is -2.42. The molecule has 0 saturated carbocycles. The third kappa shape index (κ3) is 54.2. The van der Waals surface area contributed by atoms with Crippen LogP contribution in [0.2, 0.25) is 16.6 Å². The molecule has 0 heterocycles. The van der Waals surface area contributed by atoms with Gasteiger partial charge in [-0.3, -0.25) is 0 Å². The van der Waals surface area contributed by atoms with Gasteiger partial charge in [0.2, 0.25) is 19.8 Å². The molecule has 7 nitrogen and oxygen atoms in total. The molecule has 0 N–H and O–H groups in total. The summed E-state index contributed by atoms with van der Waals surface area (Å²) >= 11 is 0. The van der Waals surface area contributed by atoms with Crippen molar-refractivity contribution >= 4 is 81.2 Å². The lowest BCUT2D eigenvalue weighted by Crippen LogP contribution is -2.47. The Kier molecular flexibility index (Phi) is 69.1. The van der Waals surface area contributed by atoms with Gasteiger partial charge in [0.25, 0.3) is 0 Å². The van der Waals surface area contributed by atoms with Crippen LogP contribution in [0.3, 0.4) is 0 Å². The van der Waals surface area contributed by atoms with Crippen LogP contribution in [0.1, 0.15) is 541 Å². The Morgan fingerprint density at radius 3 is 0.549 bits per heavy atom. The number of benzene rings is 7. The average molecular weight is 1980 g/mol. The van der Waals surface area contributed by atoms with Crippen LogP contribution in [0.15, 0.2) is 140 Å². The third-order valence-electron chi connectivity index (χ3n) is 29.5. The molecule has 0 spiro atoms. The number of hydrogen-bond donors (Lipinski definition) is 0. The van der Waals surface area contributed by atoms with E-state index in [1.165, 1.54) is 358 Å². The van der Waals surface area contributed by atoms with Gasteiger partial charge in [0.05, 0.1) is 46.2 Å². The number of unbranched alkanes of at least 4 members (excludes halogenated alkanes) is 54. The molecule has 0 amide bonds. The highest BCUT2D eigenvalue weighted by Crippen LogP contribution is 2.45. The van der Waals surface area contributed by atoms with Gasteiger partial charge in [-0.05, 0) is 158 Å².